The first-order valence-electron chi connectivity index (χ1n) is 5.52. The topological polar surface area (TPSA) is 55.2 Å². The molecule has 86 valence electrons. The summed E-state index contributed by atoms with van der Waals surface area (Å²) in [4.78, 5) is 10.1. The zero-order valence-electron chi connectivity index (χ0n) is 9.56. The van der Waals surface area contributed by atoms with Gasteiger partial charge >= 0.3 is 0 Å². The van der Waals surface area contributed by atoms with Crippen molar-refractivity contribution in [3.8, 4) is 0 Å². The number of hydrogen-bond donors (Lipinski definition) is 1. The van der Waals surface area contributed by atoms with E-state index in [9.17, 15) is 10.1 Å². The van der Waals surface area contributed by atoms with Crippen molar-refractivity contribution in [2.24, 2.45) is 5.92 Å². The maximum absolute atomic E-state index is 10.5. The van der Waals surface area contributed by atoms with Crippen molar-refractivity contribution in [2.45, 2.75) is 32.2 Å². The lowest BCUT2D eigenvalue weighted by Gasteiger charge is -2.27. The Morgan fingerprint density at radius 3 is 2.31 bits per heavy atom. The van der Waals surface area contributed by atoms with E-state index in [0.29, 0.717) is 0 Å². The molecule has 0 radical (unpaired) electrons. The quantitative estimate of drug-likeness (QED) is 0.626. The van der Waals surface area contributed by atoms with E-state index in [2.05, 4.69) is 19.2 Å². The lowest BCUT2D eigenvalue weighted by molar-refractivity contribution is -0.384. The molecule has 0 heterocycles. The van der Waals surface area contributed by atoms with Gasteiger partial charge in [-0.2, -0.15) is 0 Å². The molecule has 0 aromatic heterocycles. The third kappa shape index (κ3) is 2.32. The standard InChI is InChI=1S/C12H16N2O2/c1-12(2,9-3-4-9)13-10-5-7-11(8-6-10)14(15)16/h5-9,13H,3-4H2,1-2H3. The van der Waals surface area contributed by atoms with Crippen LogP contribution in [0.25, 0.3) is 0 Å². The third-order valence-electron chi connectivity index (χ3n) is 3.14. The number of rotatable bonds is 4. The maximum Gasteiger partial charge on any atom is 0.269 e. The van der Waals surface area contributed by atoms with Crippen LogP contribution in [0.3, 0.4) is 0 Å². The maximum atomic E-state index is 10.5. The van der Waals surface area contributed by atoms with Crippen LogP contribution in [-0.4, -0.2) is 10.5 Å². The van der Waals surface area contributed by atoms with Gasteiger partial charge in [0.15, 0.2) is 0 Å². The molecule has 1 aliphatic carbocycles. The van der Waals surface area contributed by atoms with Gasteiger partial charge in [0.1, 0.15) is 0 Å². The number of hydrogen-bond acceptors (Lipinski definition) is 3. The molecule has 0 bridgehead atoms. The van der Waals surface area contributed by atoms with Crippen LogP contribution in [0.15, 0.2) is 24.3 Å². The molecule has 0 amide bonds. The Kier molecular flexibility index (Phi) is 2.58. The predicted octanol–water partition coefficient (Wildman–Crippen LogP) is 3.20. The van der Waals surface area contributed by atoms with Gasteiger partial charge in [-0.15, -0.1) is 0 Å². The molecule has 4 heteroatoms. The van der Waals surface area contributed by atoms with Crippen molar-refractivity contribution in [2.75, 3.05) is 5.32 Å². The van der Waals surface area contributed by atoms with Crippen molar-refractivity contribution < 1.29 is 4.92 Å². The Hall–Kier alpha value is -1.58. The van der Waals surface area contributed by atoms with E-state index in [1.807, 2.05) is 0 Å². The molecule has 1 aliphatic rings. The number of non-ortho nitro benzene ring substituents is 1. The second kappa shape index (κ2) is 3.77. The van der Waals surface area contributed by atoms with Gasteiger partial charge in [0.05, 0.1) is 4.92 Å². The normalized spacial score (nSPS) is 15.9. The lowest BCUT2D eigenvalue weighted by atomic mass is 9.98. The Bertz CT molecular complexity index is 394. The van der Waals surface area contributed by atoms with Crippen molar-refractivity contribution in [1.82, 2.24) is 0 Å². The smallest absolute Gasteiger partial charge is 0.269 e. The molecule has 0 atom stereocenters. The summed E-state index contributed by atoms with van der Waals surface area (Å²) < 4.78 is 0. The zero-order valence-corrected chi connectivity index (χ0v) is 9.56. The fourth-order valence-electron chi connectivity index (χ4n) is 1.95. The van der Waals surface area contributed by atoms with Gasteiger partial charge in [0, 0.05) is 23.4 Å². The summed E-state index contributed by atoms with van der Waals surface area (Å²) in [6.07, 6.45) is 2.54. The summed E-state index contributed by atoms with van der Waals surface area (Å²) in [5.74, 6) is 0.725. The second-order valence-corrected chi connectivity index (χ2v) is 4.92. The Labute approximate surface area is 94.8 Å². The average molecular weight is 220 g/mol. The van der Waals surface area contributed by atoms with Crippen molar-refractivity contribution in [1.29, 1.82) is 0 Å². The van der Waals surface area contributed by atoms with Gasteiger partial charge in [0.25, 0.3) is 5.69 Å². The van der Waals surface area contributed by atoms with Gasteiger partial charge in [-0.3, -0.25) is 10.1 Å². The van der Waals surface area contributed by atoms with Crippen LogP contribution in [0.1, 0.15) is 26.7 Å². The van der Waals surface area contributed by atoms with Crippen molar-refractivity contribution in [3.63, 3.8) is 0 Å². The summed E-state index contributed by atoms with van der Waals surface area (Å²) in [5, 5.41) is 13.9. The summed E-state index contributed by atoms with van der Waals surface area (Å²) in [6.45, 7) is 4.35. The van der Waals surface area contributed by atoms with E-state index in [1.165, 1.54) is 25.0 Å². The minimum absolute atomic E-state index is 0.0795. The first-order valence-corrected chi connectivity index (χ1v) is 5.52. The minimum Gasteiger partial charge on any atom is -0.380 e. The monoisotopic (exact) mass is 220 g/mol. The Morgan fingerprint density at radius 2 is 1.88 bits per heavy atom. The SMILES string of the molecule is CC(C)(Nc1ccc([N+](=O)[O-])cc1)C1CC1. The fraction of sp³-hybridized carbons (Fsp3) is 0.500. The zero-order chi connectivity index (χ0) is 11.8. The summed E-state index contributed by atoms with van der Waals surface area (Å²) in [5.41, 5.74) is 1.16. The van der Waals surface area contributed by atoms with Crippen LogP contribution in [0, 0.1) is 16.0 Å². The van der Waals surface area contributed by atoms with Crippen molar-refractivity contribution >= 4 is 11.4 Å². The number of anilines is 1. The molecule has 1 N–H and O–H groups in total. The van der Waals surface area contributed by atoms with E-state index in [1.54, 1.807) is 12.1 Å². The third-order valence-corrected chi connectivity index (χ3v) is 3.14. The summed E-state index contributed by atoms with van der Waals surface area (Å²) >= 11 is 0. The van der Waals surface area contributed by atoms with E-state index in [-0.39, 0.29) is 16.1 Å². The molecule has 16 heavy (non-hydrogen) atoms. The van der Waals surface area contributed by atoms with Crippen molar-refractivity contribution in [3.05, 3.63) is 34.4 Å². The van der Waals surface area contributed by atoms with Gasteiger partial charge in [0.2, 0.25) is 0 Å². The van der Waals surface area contributed by atoms with Crippen LogP contribution >= 0.6 is 0 Å². The van der Waals surface area contributed by atoms with Gasteiger partial charge in [-0.1, -0.05) is 0 Å². The second-order valence-electron chi connectivity index (χ2n) is 4.92. The fourth-order valence-corrected chi connectivity index (χ4v) is 1.95. The van der Waals surface area contributed by atoms with Gasteiger partial charge < -0.3 is 5.32 Å². The number of benzene rings is 1. The molecular formula is C12H16N2O2. The summed E-state index contributed by atoms with van der Waals surface area (Å²) in [6, 6.07) is 6.60. The summed E-state index contributed by atoms with van der Waals surface area (Å²) in [7, 11) is 0. The molecule has 1 aromatic carbocycles. The highest BCUT2D eigenvalue weighted by Crippen LogP contribution is 2.41. The highest BCUT2D eigenvalue weighted by atomic mass is 16.6. The lowest BCUT2D eigenvalue weighted by Crippen LogP contribution is -2.33. The van der Waals surface area contributed by atoms with Crippen LogP contribution in [-0.2, 0) is 0 Å². The van der Waals surface area contributed by atoms with Crippen LogP contribution < -0.4 is 5.32 Å². The van der Waals surface area contributed by atoms with Crippen LogP contribution in [0.2, 0.25) is 0 Å². The molecule has 1 aromatic rings. The molecule has 0 unspecified atom stereocenters. The molecule has 0 saturated heterocycles. The largest absolute Gasteiger partial charge is 0.380 e. The number of nitro groups is 1. The van der Waals surface area contributed by atoms with Gasteiger partial charge in [-0.25, -0.2) is 0 Å². The molecule has 4 nitrogen and oxygen atoms in total. The van der Waals surface area contributed by atoms with E-state index in [0.717, 1.165) is 11.6 Å². The highest BCUT2D eigenvalue weighted by molar-refractivity contribution is 5.50. The van der Waals surface area contributed by atoms with Crippen LogP contribution in [0.4, 0.5) is 11.4 Å². The van der Waals surface area contributed by atoms with Crippen LogP contribution in [0.5, 0.6) is 0 Å². The molecule has 0 spiro atoms. The van der Waals surface area contributed by atoms with Gasteiger partial charge in [-0.05, 0) is 44.7 Å². The first kappa shape index (κ1) is 10.9. The van der Waals surface area contributed by atoms with E-state index < -0.39 is 0 Å². The number of nitro benzene ring substituents is 1. The minimum atomic E-state index is -0.379. The number of nitrogens with one attached hydrogen (secondary N) is 1. The first-order chi connectivity index (χ1) is 7.49. The highest BCUT2D eigenvalue weighted by Gasteiger charge is 2.37. The Balaban J connectivity index is 2.07. The van der Waals surface area contributed by atoms with E-state index >= 15 is 0 Å². The molecule has 1 fully saturated rings. The molecule has 0 aliphatic heterocycles. The molecular weight excluding hydrogens is 204 g/mol. The van der Waals surface area contributed by atoms with E-state index in [4.69, 9.17) is 0 Å². The number of nitrogens with zero attached hydrogens (tertiary/aromatic N) is 1. The Morgan fingerprint density at radius 1 is 1.31 bits per heavy atom. The predicted molar refractivity (Wildman–Crippen MR) is 63.5 cm³/mol. The molecule has 2 rings (SSSR count). The average Bonchev–Trinajstić information content (AvgIpc) is 3.01. The molecule has 1 saturated carbocycles.